The Balaban J connectivity index is 1.80. The van der Waals surface area contributed by atoms with Crippen molar-refractivity contribution >= 4 is 0 Å². The van der Waals surface area contributed by atoms with E-state index in [-0.39, 0.29) is 0 Å². The van der Waals surface area contributed by atoms with E-state index >= 15 is 0 Å². The van der Waals surface area contributed by atoms with Gasteiger partial charge < -0.3 is 10.2 Å². The summed E-state index contributed by atoms with van der Waals surface area (Å²) in [5.41, 5.74) is 0. The Hall–Kier alpha value is -0.0800. The molecular weight excluding hydrogens is 220 g/mol. The number of hydrogen-bond acceptors (Lipinski definition) is 2. The van der Waals surface area contributed by atoms with Crippen LogP contribution in [0.4, 0.5) is 0 Å². The first kappa shape index (κ1) is 14.3. The first-order valence-corrected chi connectivity index (χ1v) is 8.16. The zero-order valence-electron chi connectivity index (χ0n) is 12.6. The highest BCUT2D eigenvalue weighted by Crippen LogP contribution is 2.29. The van der Waals surface area contributed by atoms with Crippen LogP contribution in [0.1, 0.15) is 52.9 Å². The Morgan fingerprint density at radius 2 is 1.94 bits per heavy atom. The monoisotopic (exact) mass is 252 g/mol. The molecule has 2 nitrogen and oxygen atoms in total. The van der Waals surface area contributed by atoms with E-state index in [0.29, 0.717) is 0 Å². The molecule has 2 heteroatoms. The maximum Gasteiger partial charge on any atom is 0.0107 e. The summed E-state index contributed by atoms with van der Waals surface area (Å²) in [6.07, 6.45) is 7.16. The fraction of sp³-hybridized carbons (Fsp3) is 1.00. The van der Waals surface area contributed by atoms with Crippen LogP contribution in [0.5, 0.6) is 0 Å². The summed E-state index contributed by atoms with van der Waals surface area (Å²) in [5.74, 6) is 2.72. The minimum atomic E-state index is 0.793. The first-order chi connectivity index (χ1) is 8.70. The smallest absolute Gasteiger partial charge is 0.0107 e. The molecule has 0 radical (unpaired) electrons. The van der Waals surface area contributed by atoms with Gasteiger partial charge in [0.25, 0.3) is 0 Å². The van der Waals surface area contributed by atoms with Crippen molar-refractivity contribution in [2.45, 2.75) is 58.9 Å². The first-order valence-electron chi connectivity index (χ1n) is 8.16. The molecule has 0 aromatic rings. The minimum absolute atomic E-state index is 0.793. The fourth-order valence-electron chi connectivity index (χ4n) is 3.86. The number of likely N-dealkylation sites (tertiary alicyclic amines) is 1. The van der Waals surface area contributed by atoms with E-state index in [1.165, 1.54) is 51.7 Å². The third-order valence-corrected chi connectivity index (χ3v) is 5.12. The Bertz CT molecular complexity index is 237. The molecule has 0 aromatic heterocycles. The molecule has 1 saturated carbocycles. The van der Waals surface area contributed by atoms with Gasteiger partial charge in [-0.15, -0.1) is 0 Å². The van der Waals surface area contributed by atoms with Crippen LogP contribution < -0.4 is 5.32 Å². The summed E-state index contributed by atoms with van der Waals surface area (Å²) in [5, 5.41) is 3.72. The van der Waals surface area contributed by atoms with E-state index in [1.807, 2.05) is 0 Å². The van der Waals surface area contributed by atoms with Gasteiger partial charge in [0.15, 0.2) is 0 Å². The average Bonchev–Trinajstić information content (AvgIpc) is 2.81. The molecule has 1 aliphatic carbocycles. The van der Waals surface area contributed by atoms with Gasteiger partial charge in [-0.05, 0) is 50.1 Å². The predicted octanol–water partition coefficient (Wildman–Crippen LogP) is 3.13. The molecule has 1 aliphatic heterocycles. The van der Waals surface area contributed by atoms with E-state index in [1.54, 1.807) is 0 Å². The second-order valence-electron chi connectivity index (χ2n) is 6.76. The molecule has 18 heavy (non-hydrogen) atoms. The molecule has 2 fully saturated rings. The van der Waals surface area contributed by atoms with Crippen molar-refractivity contribution in [1.29, 1.82) is 0 Å². The maximum atomic E-state index is 3.72. The van der Waals surface area contributed by atoms with Gasteiger partial charge >= 0.3 is 0 Å². The highest BCUT2D eigenvalue weighted by molar-refractivity contribution is 4.86. The van der Waals surface area contributed by atoms with Crippen molar-refractivity contribution in [2.75, 3.05) is 26.2 Å². The molecule has 2 aliphatic rings. The summed E-state index contributed by atoms with van der Waals surface area (Å²) in [6.45, 7) is 12.2. The van der Waals surface area contributed by atoms with Gasteiger partial charge in [0.1, 0.15) is 0 Å². The Kier molecular flexibility index (Phi) is 5.50. The molecule has 1 heterocycles. The van der Waals surface area contributed by atoms with E-state index in [2.05, 4.69) is 31.0 Å². The normalized spacial score (nSPS) is 34.3. The van der Waals surface area contributed by atoms with Crippen LogP contribution in [-0.4, -0.2) is 37.1 Å². The van der Waals surface area contributed by atoms with Gasteiger partial charge in [0.2, 0.25) is 0 Å². The molecule has 106 valence electrons. The largest absolute Gasteiger partial charge is 0.314 e. The molecular formula is C16H32N2. The summed E-state index contributed by atoms with van der Waals surface area (Å²) in [4.78, 5) is 2.74. The van der Waals surface area contributed by atoms with Crippen molar-refractivity contribution in [2.24, 2.45) is 17.8 Å². The lowest BCUT2D eigenvalue weighted by Gasteiger charge is -2.35. The predicted molar refractivity (Wildman–Crippen MR) is 78.8 cm³/mol. The molecule has 0 spiro atoms. The van der Waals surface area contributed by atoms with Gasteiger partial charge in [-0.25, -0.2) is 0 Å². The minimum Gasteiger partial charge on any atom is -0.314 e. The molecule has 2 rings (SSSR count). The van der Waals surface area contributed by atoms with Gasteiger partial charge in [-0.3, -0.25) is 0 Å². The lowest BCUT2D eigenvalue weighted by atomic mass is 9.84. The Morgan fingerprint density at radius 3 is 2.61 bits per heavy atom. The highest BCUT2D eigenvalue weighted by Gasteiger charge is 2.30. The summed E-state index contributed by atoms with van der Waals surface area (Å²) >= 11 is 0. The third kappa shape index (κ3) is 3.71. The van der Waals surface area contributed by atoms with E-state index < -0.39 is 0 Å². The number of rotatable bonds is 5. The number of nitrogens with one attached hydrogen (secondary N) is 1. The van der Waals surface area contributed by atoms with Gasteiger partial charge in [0, 0.05) is 19.1 Å². The number of hydrogen-bond donors (Lipinski definition) is 1. The Labute approximate surface area is 114 Å². The Morgan fingerprint density at radius 1 is 1.17 bits per heavy atom. The lowest BCUT2D eigenvalue weighted by molar-refractivity contribution is 0.184. The van der Waals surface area contributed by atoms with Crippen LogP contribution >= 0.6 is 0 Å². The van der Waals surface area contributed by atoms with Crippen molar-refractivity contribution in [3.63, 3.8) is 0 Å². The molecule has 0 bridgehead atoms. The molecule has 1 saturated heterocycles. The summed E-state index contributed by atoms with van der Waals surface area (Å²) in [6, 6.07) is 0.793. The van der Waals surface area contributed by atoms with E-state index in [9.17, 15) is 0 Å². The molecule has 3 atom stereocenters. The van der Waals surface area contributed by atoms with Crippen LogP contribution in [0.3, 0.4) is 0 Å². The molecule has 0 amide bonds. The van der Waals surface area contributed by atoms with E-state index in [4.69, 9.17) is 0 Å². The summed E-state index contributed by atoms with van der Waals surface area (Å²) < 4.78 is 0. The zero-order chi connectivity index (χ0) is 13.0. The van der Waals surface area contributed by atoms with Crippen LogP contribution in [0, 0.1) is 17.8 Å². The van der Waals surface area contributed by atoms with Crippen molar-refractivity contribution < 1.29 is 0 Å². The SMILES string of the molecule is CCNC1CCCCC1CN1CCC(C(C)C)C1. The maximum absolute atomic E-state index is 3.72. The van der Waals surface area contributed by atoms with Crippen molar-refractivity contribution in [3.05, 3.63) is 0 Å². The second kappa shape index (κ2) is 6.91. The van der Waals surface area contributed by atoms with Crippen LogP contribution in [-0.2, 0) is 0 Å². The van der Waals surface area contributed by atoms with Gasteiger partial charge in [-0.1, -0.05) is 33.6 Å². The number of nitrogens with zero attached hydrogens (tertiary/aromatic N) is 1. The summed E-state index contributed by atoms with van der Waals surface area (Å²) in [7, 11) is 0. The standard InChI is InChI=1S/C16H32N2/c1-4-17-16-8-6-5-7-15(16)12-18-10-9-14(11-18)13(2)3/h13-17H,4-12H2,1-3H3. The second-order valence-corrected chi connectivity index (χ2v) is 6.76. The molecule has 3 unspecified atom stereocenters. The van der Waals surface area contributed by atoms with Crippen LogP contribution in [0.2, 0.25) is 0 Å². The fourth-order valence-corrected chi connectivity index (χ4v) is 3.86. The van der Waals surface area contributed by atoms with E-state index in [0.717, 1.165) is 30.3 Å². The van der Waals surface area contributed by atoms with Crippen LogP contribution in [0.15, 0.2) is 0 Å². The average molecular weight is 252 g/mol. The van der Waals surface area contributed by atoms with Gasteiger partial charge in [-0.2, -0.15) is 0 Å². The zero-order valence-corrected chi connectivity index (χ0v) is 12.6. The topological polar surface area (TPSA) is 15.3 Å². The van der Waals surface area contributed by atoms with Gasteiger partial charge in [0.05, 0.1) is 0 Å². The lowest BCUT2D eigenvalue weighted by Crippen LogP contribution is -2.43. The highest BCUT2D eigenvalue weighted by atomic mass is 15.2. The molecule has 0 aromatic carbocycles. The van der Waals surface area contributed by atoms with Crippen molar-refractivity contribution in [3.8, 4) is 0 Å². The quantitative estimate of drug-likeness (QED) is 0.809. The third-order valence-electron chi connectivity index (χ3n) is 5.12. The van der Waals surface area contributed by atoms with Crippen molar-refractivity contribution in [1.82, 2.24) is 10.2 Å². The van der Waals surface area contributed by atoms with Crippen LogP contribution in [0.25, 0.3) is 0 Å². The molecule has 1 N–H and O–H groups in total.